The van der Waals surface area contributed by atoms with Crippen molar-refractivity contribution < 1.29 is 23.5 Å². The highest BCUT2D eigenvalue weighted by Crippen LogP contribution is 2.24. The van der Waals surface area contributed by atoms with E-state index < -0.39 is 11.9 Å². The monoisotopic (exact) mass is 317 g/mol. The number of aryl methyl sites for hydroxylation is 2. The molecule has 2 rings (SSSR count). The molecule has 1 amide bonds. The van der Waals surface area contributed by atoms with Gasteiger partial charge in [-0.05, 0) is 36.8 Å². The average Bonchev–Trinajstić information content (AvgIpc) is 3.04. The predicted octanol–water partition coefficient (Wildman–Crippen LogP) is 2.71. The molecule has 6 heteroatoms. The summed E-state index contributed by atoms with van der Waals surface area (Å²) in [7, 11) is 1.52. The Hall–Kier alpha value is -2.76. The van der Waals surface area contributed by atoms with Crippen molar-refractivity contribution in [2.75, 3.05) is 19.0 Å². The van der Waals surface area contributed by atoms with Crippen molar-refractivity contribution in [1.82, 2.24) is 0 Å². The molecule has 6 nitrogen and oxygen atoms in total. The number of ether oxygens (including phenoxy) is 2. The third kappa shape index (κ3) is 5.18. The van der Waals surface area contributed by atoms with Gasteiger partial charge >= 0.3 is 5.97 Å². The first-order valence-electron chi connectivity index (χ1n) is 7.21. The zero-order valence-electron chi connectivity index (χ0n) is 13.1. The Labute approximate surface area is 134 Å². The summed E-state index contributed by atoms with van der Waals surface area (Å²) in [5.74, 6) is 0.386. The lowest BCUT2D eigenvalue weighted by Gasteiger charge is -2.11. The van der Waals surface area contributed by atoms with Crippen LogP contribution < -0.4 is 10.1 Å². The van der Waals surface area contributed by atoms with Gasteiger partial charge in [0.15, 0.2) is 6.61 Å². The summed E-state index contributed by atoms with van der Waals surface area (Å²) in [6, 6.07) is 8.96. The van der Waals surface area contributed by atoms with E-state index in [2.05, 4.69) is 5.32 Å². The molecule has 23 heavy (non-hydrogen) atoms. The molecule has 1 aromatic carbocycles. The molecule has 0 saturated carbocycles. The van der Waals surface area contributed by atoms with Gasteiger partial charge in [0.05, 0.1) is 25.5 Å². The van der Waals surface area contributed by atoms with Gasteiger partial charge in [-0.25, -0.2) is 0 Å². The van der Waals surface area contributed by atoms with Crippen molar-refractivity contribution in [3.63, 3.8) is 0 Å². The number of hydrogen-bond donors (Lipinski definition) is 1. The molecule has 1 heterocycles. The van der Waals surface area contributed by atoms with Crippen molar-refractivity contribution >= 4 is 17.6 Å². The zero-order valence-corrected chi connectivity index (χ0v) is 13.1. The molecule has 0 aliphatic rings. The molecule has 0 bridgehead atoms. The van der Waals surface area contributed by atoms with Crippen molar-refractivity contribution in [2.24, 2.45) is 0 Å². The molecule has 0 fully saturated rings. The molecular weight excluding hydrogens is 298 g/mol. The topological polar surface area (TPSA) is 77.8 Å². The van der Waals surface area contributed by atoms with Gasteiger partial charge in [0, 0.05) is 6.42 Å². The lowest BCUT2D eigenvalue weighted by molar-refractivity contribution is -0.147. The second kappa shape index (κ2) is 8.03. The smallest absolute Gasteiger partial charge is 0.306 e. The Morgan fingerprint density at radius 2 is 2.09 bits per heavy atom. The van der Waals surface area contributed by atoms with Crippen molar-refractivity contribution in [2.45, 2.75) is 19.8 Å². The van der Waals surface area contributed by atoms with Crippen LogP contribution in [0.15, 0.2) is 41.0 Å². The van der Waals surface area contributed by atoms with Crippen molar-refractivity contribution in [3.8, 4) is 5.75 Å². The van der Waals surface area contributed by atoms with Crippen LogP contribution in [0.5, 0.6) is 5.75 Å². The van der Waals surface area contributed by atoms with E-state index in [0.717, 1.165) is 5.56 Å². The predicted molar refractivity (Wildman–Crippen MR) is 84.3 cm³/mol. The fourth-order valence-corrected chi connectivity index (χ4v) is 2.00. The molecule has 0 aliphatic heterocycles. The normalized spacial score (nSPS) is 10.2. The molecule has 0 unspecified atom stereocenters. The number of methoxy groups -OCH3 is 1. The van der Waals surface area contributed by atoms with Crippen LogP contribution in [-0.4, -0.2) is 25.6 Å². The first-order chi connectivity index (χ1) is 11.1. The van der Waals surface area contributed by atoms with E-state index in [1.807, 2.05) is 13.0 Å². The van der Waals surface area contributed by atoms with Gasteiger partial charge in [-0.15, -0.1) is 0 Å². The number of carbonyl (C=O) groups excluding carboxylic acids is 2. The number of anilines is 1. The number of benzene rings is 1. The SMILES string of the molecule is COc1ccc(C)cc1NC(=O)COC(=O)CCc1ccco1. The van der Waals surface area contributed by atoms with Crippen LogP contribution in [0.25, 0.3) is 0 Å². The summed E-state index contributed by atoms with van der Waals surface area (Å²) in [5.41, 5.74) is 1.53. The van der Waals surface area contributed by atoms with Gasteiger partial charge in [0.1, 0.15) is 11.5 Å². The third-order valence-corrected chi connectivity index (χ3v) is 3.15. The number of carbonyl (C=O) groups is 2. The summed E-state index contributed by atoms with van der Waals surface area (Å²) < 4.78 is 15.2. The Morgan fingerprint density at radius 3 is 2.78 bits per heavy atom. The molecule has 122 valence electrons. The molecule has 0 spiro atoms. The second-order valence-electron chi connectivity index (χ2n) is 4.99. The minimum absolute atomic E-state index is 0.161. The van der Waals surface area contributed by atoms with E-state index in [9.17, 15) is 9.59 Å². The molecule has 0 saturated heterocycles. The van der Waals surface area contributed by atoms with Crippen molar-refractivity contribution in [3.05, 3.63) is 47.9 Å². The van der Waals surface area contributed by atoms with E-state index in [-0.39, 0.29) is 13.0 Å². The van der Waals surface area contributed by atoms with Crippen LogP contribution in [0.3, 0.4) is 0 Å². The highest BCUT2D eigenvalue weighted by molar-refractivity contribution is 5.94. The van der Waals surface area contributed by atoms with Crippen molar-refractivity contribution in [1.29, 1.82) is 0 Å². The first kappa shape index (κ1) is 16.6. The molecular formula is C17H19NO5. The highest BCUT2D eigenvalue weighted by atomic mass is 16.5. The number of amides is 1. The van der Waals surface area contributed by atoms with Gasteiger partial charge in [0.25, 0.3) is 5.91 Å². The maximum atomic E-state index is 11.9. The third-order valence-electron chi connectivity index (χ3n) is 3.15. The lowest BCUT2D eigenvalue weighted by Crippen LogP contribution is -2.21. The molecule has 0 radical (unpaired) electrons. The maximum Gasteiger partial charge on any atom is 0.306 e. The molecule has 0 atom stereocenters. The Bertz CT molecular complexity index is 664. The molecule has 1 N–H and O–H groups in total. The first-order valence-corrected chi connectivity index (χ1v) is 7.21. The summed E-state index contributed by atoms with van der Waals surface area (Å²) in [4.78, 5) is 23.5. The highest BCUT2D eigenvalue weighted by Gasteiger charge is 2.11. The quantitative estimate of drug-likeness (QED) is 0.794. The molecule has 0 aliphatic carbocycles. The lowest BCUT2D eigenvalue weighted by atomic mass is 10.2. The van der Waals surface area contributed by atoms with E-state index in [1.165, 1.54) is 7.11 Å². The van der Waals surface area contributed by atoms with E-state index in [4.69, 9.17) is 13.9 Å². The van der Waals surface area contributed by atoms with E-state index >= 15 is 0 Å². The van der Waals surface area contributed by atoms with E-state index in [1.54, 1.807) is 30.5 Å². The Morgan fingerprint density at radius 1 is 1.26 bits per heavy atom. The average molecular weight is 317 g/mol. The van der Waals surface area contributed by atoms with Crippen LogP contribution in [0, 0.1) is 6.92 Å². The van der Waals surface area contributed by atoms with E-state index in [0.29, 0.717) is 23.6 Å². The van der Waals surface area contributed by atoms with Crippen LogP contribution in [-0.2, 0) is 20.7 Å². The van der Waals surface area contributed by atoms with Gasteiger partial charge in [-0.1, -0.05) is 6.07 Å². The van der Waals surface area contributed by atoms with Gasteiger partial charge in [-0.3, -0.25) is 9.59 Å². The minimum Gasteiger partial charge on any atom is -0.495 e. The Kier molecular flexibility index (Phi) is 5.80. The number of hydrogen-bond acceptors (Lipinski definition) is 5. The van der Waals surface area contributed by atoms with Crippen LogP contribution >= 0.6 is 0 Å². The van der Waals surface area contributed by atoms with Gasteiger partial charge < -0.3 is 19.2 Å². The summed E-state index contributed by atoms with van der Waals surface area (Å²) >= 11 is 0. The second-order valence-corrected chi connectivity index (χ2v) is 4.99. The largest absolute Gasteiger partial charge is 0.495 e. The number of nitrogens with one attached hydrogen (secondary N) is 1. The van der Waals surface area contributed by atoms with Gasteiger partial charge in [-0.2, -0.15) is 0 Å². The number of esters is 1. The zero-order chi connectivity index (χ0) is 16.7. The summed E-state index contributed by atoms with van der Waals surface area (Å²) in [5, 5.41) is 2.67. The van der Waals surface area contributed by atoms with Crippen LogP contribution in [0.1, 0.15) is 17.7 Å². The minimum atomic E-state index is -0.451. The fourth-order valence-electron chi connectivity index (χ4n) is 2.00. The summed E-state index contributed by atoms with van der Waals surface area (Å²) in [6.45, 7) is 1.57. The van der Waals surface area contributed by atoms with Crippen LogP contribution in [0.4, 0.5) is 5.69 Å². The number of rotatable bonds is 7. The molecule has 2 aromatic rings. The van der Waals surface area contributed by atoms with Crippen LogP contribution in [0.2, 0.25) is 0 Å². The molecule has 1 aromatic heterocycles. The number of furan rings is 1. The summed E-state index contributed by atoms with van der Waals surface area (Å²) in [6.07, 6.45) is 2.15. The Balaban J connectivity index is 1.78. The standard InChI is InChI=1S/C17H19NO5/c1-12-5-7-15(21-2)14(10-12)18-16(19)11-23-17(20)8-6-13-4-3-9-22-13/h3-5,7,9-10H,6,8,11H2,1-2H3,(H,18,19). The fraction of sp³-hybridized carbons (Fsp3) is 0.294. The van der Waals surface area contributed by atoms with Gasteiger partial charge in [0.2, 0.25) is 0 Å². The maximum absolute atomic E-state index is 11.9.